The number of carbonyl (C=O) groups excluding carboxylic acids is 2. The highest BCUT2D eigenvalue weighted by atomic mass is 16.1. The van der Waals surface area contributed by atoms with Crippen molar-refractivity contribution in [3.05, 3.63) is 68.3 Å². The molecule has 0 aliphatic heterocycles. The minimum atomic E-state index is -0.334. The van der Waals surface area contributed by atoms with Crippen LogP contribution in [-0.2, 0) is 44.9 Å². The molecule has 0 bridgehead atoms. The minimum absolute atomic E-state index is 0.184. The first-order valence-corrected chi connectivity index (χ1v) is 10.4. The van der Waals surface area contributed by atoms with E-state index in [4.69, 9.17) is 0 Å². The number of ketones is 2. The summed E-state index contributed by atoms with van der Waals surface area (Å²) in [4.78, 5) is 26.1. The van der Waals surface area contributed by atoms with E-state index in [0.717, 1.165) is 62.5 Å². The fourth-order valence-corrected chi connectivity index (χ4v) is 6.45. The molecule has 1 atom stereocenters. The maximum absolute atomic E-state index is 13.5. The smallest absolute Gasteiger partial charge is 0.170 e. The van der Waals surface area contributed by atoms with Gasteiger partial charge < -0.3 is 0 Å². The molecular formula is C25H24O2. The lowest BCUT2D eigenvalue weighted by Crippen LogP contribution is -2.28. The summed E-state index contributed by atoms with van der Waals surface area (Å²) in [6.07, 6.45) is 9.16. The highest BCUT2D eigenvalue weighted by molar-refractivity contribution is 6.07. The summed E-state index contributed by atoms with van der Waals surface area (Å²) in [7, 11) is 0. The summed E-state index contributed by atoms with van der Waals surface area (Å²) < 4.78 is 0. The highest BCUT2D eigenvalue weighted by Crippen LogP contribution is 2.50. The lowest BCUT2D eigenvalue weighted by atomic mass is 9.80. The summed E-state index contributed by atoms with van der Waals surface area (Å²) in [6.45, 7) is 1.70. The molecule has 0 heterocycles. The number of benzene rings is 2. The van der Waals surface area contributed by atoms with E-state index in [1.807, 2.05) is 0 Å². The molecule has 0 saturated heterocycles. The third kappa shape index (κ3) is 2.02. The van der Waals surface area contributed by atoms with Gasteiger partial charge in [0.15, 0.2) is 11.6 Å². The van der Waals surface area contributed by atoms with Gasteiger partial charge in [-0.2, -0.15) is 0 Å². The van der Waals surface area contributed by atoms with Gasteiger partial charge in [0.1, 0.15) is 0 Å². The Kier molecular flexibility index (Phi) is 3.03. The topological polar surface area (TPSA) is 34.1 Å². The Morgan fingerprint density at radius 1 is 0.778 bits per heavy atom. The van der Waals surface area contributed by atoms with Crippen molar-refractivity contribution in [2.75, 3.05) is 0 Å². The van der Waals surface area contributed by atoms with E-state index < -0.39 is 0 Å². The van der Waals surface area contributed by atoms with Gasteiger partial charge in [-0.3, -0.25) is 9.59 Å². The molecule has 2 aromatic carbocycles. The Labute approximate surface area is 160 Å². The van der Waals surface area contributed by atoms with E-state index in [1.165, 1.54) is 45.4 Å². The molecule has 6 rings (SSSR count). The number of rotatable bonds is 1. The molecule has 0 fully saturated rings. The van der Waals surface area contributed by atoms with Gasteiger partial charge in [0, 0.05) is 16.5 Å². The molecular weight excluding hydrogens is 332 g/mol. The number of carbonyl (C=O) groups is 2. The molecule has 0 N–H and O–H groups in total. The van der Waals surface area contributed by atoms with Crippen molar-refractivity contribution in [1.82, 2.24) is 0 Å². The first-order valence-electron chi connectivity index (χ1n) is 10.4. The predicted molar refractivity (Wildman–Crippen MR) is 105 cm³/mol. The van der Waals surface area contributed by atoms with E-state index in [2.05, 4.69) is 18.2 Å². The van der Waals surface area contributed by atoms with Crippen LogP contribution in [-0.4, -0.2) is 11.6 Å². The zero-order valence-corrected chi connectivity index (χ0v) is 15.9. The average molecular weight is 356 g/mol. The molecule has 4 aliphatic rings. The van der Waals surface area contributed by atoms with Crippen LogP contribution in [0.15, 0.2) is 18.2 Å². The van der Waals surface area contributed by atoms with E-state index in [1.54, 1.807) is 6.92 Å². The van der Waals surface area contributed by atoms with Crippen LogP contribution >= 0.6 is 0 Å². The van der Waals surface area contributed by atoms with Crippen LogP contribution in [0.2, 0.25) is 0 Å². The molecule has 27 heavy (non-hydrogen) atoms. The van der Waals surface area contributed by atoms with Crippen LogP contribution < -0.4 is 0 Å². The monoisotopic (exact) mass is 356 g/mol. The zero-order chi connectivity index (χ0) is 18.3. The van der Waals surface area contributed by atoms with Gasteiger partial charge in [-0.15, -0.1) is 0 Å². The largest absolute Gasteiger partial charge is 0.294 e. The Balaban J connectivity index is 1.46. The number of hydrogen-bond donors (Lipinski definition) is 0. The molecule has 0 saturated carbocycles. The summed E-state index contributed by atoms with van der Waals surface area (Å²) in [6, 6.07) is 6.85. The molecule has 1 spiro atoms. The number of Topliss-reactive ketones (excluding diaryl/α,β-unsaturated/α-hetero) is 2. The molecule has 136 valence electrons. The second kappa shape index (κ2) is 5.19. The Morgan fingerprint density at radius 2 is 1.44 bits per heavy atom. The third-order valence-corrected chi connectivity index (χ3v) is 7.57. The Hall–Kier alpha value is -2.22. The maximum atomic E-state index is 13.5. The molecule has 2 aromatic rings. The van der Waals surface area contributed by atoms with Crippen molar-refractivity contribution in [3.63, 3.8) is 0 Å². The molecule has 2 nitrogen and oxygen atoms in total. The first-order chi connectivity index (χ1) is 13.1. The number of aryl methyl sites for hydroxylation is 3. The lowest BCUT2D eigenvalue weighted by molar-refractivity contribution is 0.0830. The average Bonchev–Trinajstić information content (AvgIpc) is 3.38. The van der Waals surface area contributed by atoms with Crippen LogP contribution in [0.1, 0.15) is 79.4 Å². The van der Waals surface area contributed by atoms with E-state index >= 15 is 0 Å². The SMILES string of the molecule is CC(=O)c1c2c(cc3c1C[C@]1(Cc4cc5c(cc4C1=O)CCC5)C3)CCC2. The first kappa shape index (κ1) is 15.8. The maximum Gasteiger partial charge on any atom is 0.170 e. The van der Waals surface area contributed by atoms with E-state index in [9.17, 15) is 9.59 Å². The quantitative estimate of drug-likeness (QED) is 0.710. The van der Waals surface area contributed by atoms with Gasteiger partial charge in [0.2, 0.25) is 0 Å². The summed E-state index contributed by atoms with van der Waals surface area (Å²) in [5, 5.41) is 0. The Bertz CT molecular complexity index is 1060. The van der Waals surface area contributed by atoms with Crippen molar-refractivity contribution in [1.29, 1.82) is 0 Å². The van der Waals surface area contributed by atoms with Gasteiger partial charge >= 0.3 is 0 Å². The van der Waals surface area contributed by atoms with Crippen molar-refractivity contribution >= 4 is 11.6 Å². The molecule has 0 radical (unpaired) electrons. The standard InChI is InChI=1S/C25H24O2/c1-14(26)23-20-7-3-6-17(20)9-19-12-25(13-22(19)23)11-18-8-15-4-2-5-16(15)10-21(18)24(25)27/h8-10H,2-7,11-13H2,1H3/t25-/m0/s1. The zero-order valence-electron chi connectivity index (χ0n) is 15.9. The second-order valence-electron chi connectivity index (χ2n) is 9.21. The van der Waals surface area contributed by atoms with Gasteiger partial charge in [-0.05, 0) is 110 Å². The predicted octanol–water partition coefficient (Wildman–Crippen LogP) is 4.39. The summed E-state index contributed by atoms with van der Waals surface area (Å²) in [5.74, 6) is 0.516. The molecule has 4 aliphatic carbocycles. The normalized spacial score (nSPS) is 24.3. The van der Waals surface area contributed by atoms with Gasteiger partial charge in [-0.25, -0.2) is 0 Å². The summed E-state index contributed by atoms with van der Waals surface area (Å²) >= 11 is 0. The van der Waals surface area contributed by atoms with Crippen LogP contribution in [0.4, 0.5) is 0 Å². The summed E-state index contributed by atoms with van der Waals surface area (Å²) in [5.41, 5.74) is 10.8. The van der Waals surface area contributed by atoms with Crippen LogP contribution in [0, 0.1) is 5.41 Å². The van der Waals surface area contributed by atoms with Crippen molar-refractivity contribution in [2.45, 2.75) is 64.7 Å². The number of fused-ring (bicyclic) bond motifs is 4. The number of hydrogen-bond acceptors (Lipinski definition) is 2. The van der Waals surface area contributed by atoms with Crippen molar-refractivity contribution in [2.24, 2.45) is 5.41 Å². The van der Waals surface area contributed by atoms with Crippen LogP contribution in [0.5, 0.6) is 0 Å². The van der Waals surface area contributed by atoms with Crippen molar-refractivity contribution in [3.8, 4) is 0 Å². The fourth-order valence-electron chi connectivity index (χ4n) is 6.45. The van der Waals surface area contributed by atoms with Gasteiger partial charge in [0.25, 0.3) is 0 Å². The molecule has 0 aromatic heterocycles. The van der Waals surface area contributed by atoms with Gasteiger partial charge in [0.05, 0.1) is 0 Å². The highest BCUT2D eigenvalue weighted by Gasteiger charge is 2.50. The van der Waals surface area contributed by atoms with Gasteiger partial charge in [-0.1, -0.05) is 12.1 Å². The molecule has 0 unspecified atom stereocenters. The van der Waals surface area contributed by atoms with E-state index in [0.29, 0.717) is 5.78 Å². The second-order valence-corrected chi connectivity index (χ2v) is 9.21. The molecule has 0 amide bonds. The minimum Gasteiger partial charge on any atom is -0.294 e. The van der Waals surface area contributed by atoms with Crippen molar-refractivity contribution < 1.29 is 9.59 Å². The molecule has 2 heteroatoms. The lowest BCUT2D eigenvalue weighted by Gasteiger charge is -2.20. The van der Waals surface area contributed by atoms with Crippen LogP contribution in [0.3, 0.4) is 0 Å². The fraction of sp³-hybridized carbons (Fsp3) is 0.440. The Morgan fingerprint density at radius 3 is 2.26 bits per heavy atom. The van der Waals surface area contributed by atoms with E-state index in [-0.39, 0.29) is 11.2 Å². The van der Waals surface area contributed by atoms with Crippen LogP contribution in [0.25, 0.3) is 0 Å². The third-order valence-electron chi connectivity index (χ3n) is 7.57.